The number of benzene rings is 1. The van der Waals surface area contributed by atoms with Crippen molar-refractivity contribution in [1.82, 2.24) is 4.57 Å². The van der Waals surface area contributed by atoms with Crippen LogP contribution in [0.4, 0.5) is 10.5 Å². The van der Waals surface area contributed by atoms with Gasteiger partial charge in [0, 0.05) is 17.3 Å². The van der Waals surface area contributed by atoms with E-state index in [0.717, 1.165) is 22.4 Å². The summed E-state index contributed by atoms with van der Waals surface area (Å²) in [5, 5.41) is 12.1. The van der Waals surface area contributed by atoms with Crippen LogP contribution in [-0.2, 0) is 16.9 Å². The number of carbonyl (C=O) groups excluding carboxylic acids is 1. The molecule has 0 aliphatic carbocycles. The summed E-state index contributed by atoms with van der Waals surface area (Å²) >= 11 is 0. The van der Waals surface area contributed by atoms with Gasteiger partial charge in [-0.05, 0) is 37.6 Å². The molecule has 1 aromatic heterocycles. The first-order valence-electron chi connectivity index (χ1n) is 7.14. The number of amides is 1. The number of aromatic nitrogens is 1. The van der Waals surface area contributed by atoms with E-state index in [9.17, 15) is 10.1 Å². The molecule has 1 amide bonds. The number of hydrogen-bond donors (Lipinski definition) is 1. The van der Waals surface area contributed by atoms with Crippen LogP contribution in [0.1, 0.15) is 25.1 Å². The lowest BCUT2D eigenvalue weighted by molar-refractivity contribution is 0.0421. The van der Waals surface area contributed by atoms with Gasteiger partial charge in [-0.25, -0.2) is 4.79 Å². The van der Waals surface area contributed by atoms with E-state index in [1.54, 1.807) is 10.8 Å². The number of fused-ring (bicyclic) bond motifs is 1. The van der Waals surface area contributed by atoms with E-state index in [4.69, 9.17) is 11.2 Å². The van der Waals surface area contributed by atoms with Crippen molar-refractivity contribution >= 4 is 11.8 Å². The number of ether oxygens (including phenoxy) is 1. The Balaban J connectivity index is 2.12. The number of nitriles is 1. The first kappa shape index (κ1) is 14.7. The number of anilines is 1. The fourth-order valence-electron chi connectivity index (χ4n) is 2.80. The quantitative estimate of drug-likeness (QED) is 0.864. The molecule has 23 heavy (non-hydrogen) atoms. The third-order valence-electron chi connectivity index (χ3n) is 3.89. The molecule has 1 aromatic carbocycles. The van der Waals surface area contributed by atoms with Gasteiger partial charge in [-0.15, -0.1) is 6.42 Å². The van der Waals surface area contributed by atoms with Crippen LogP contribution in [0, 0.1) is 23.7 Å². The number of terminal acetylenes is 1. The first-order valence-corrected chi connectivity index (χ1v) is 7.14. The van der Waals surface area contributed by atoms with Crippen LogP contribution in [0.25, 0.3) is 11.1 Å². The molecule has 0 unspecified atom stereocenters. The summed E-state index contributed by atoms with van der Waals surface area (Å²) in [5.74, 6) is 2.54. The van der Waals surface area contributed by atoms with Crippen molar-refractivity contribution in [1.29, 1.82) is 5.26 Å². The number of nitrogens with zero attached hydrogens (tertiary/aromatic N) is 2. The number of hydrogen-bond acceptors (Lipinski definition) is 3. The van der Waals surface area contributed by atoms with Gasteiger partial charge in [-0.2, -0.15) is 5.26 Å². The van der Waals surface area contributed by atoms with Crippen molar-refractivity contribution in [3.05, 3.63) is 41.7 Å². The molecular weight excluding hydrogens is 290 g/mol. The van der Waals surface area contributed by atoms with Crippen LogP contribution in [-0.4, -0.2) is 10.7 Å². The predicted octanol–water partition coefficient (Wildman–Crippen LogP) is 3.46. The zero-order chi connectivity index (χ0) is 16.6. The molecule has 0 fully saturated rings. The molecule has 1 aliphatic heterocycles. The highest BCUT2D eigenvalue weighted by atomic mass is 16.6. The minimum absolute atomic E-state index is 0.346. The van der Waals surface area contributed by atoms with Crippen molar-refractivity contribution in [2.45, 2.75) is 26.0 Å². The molecule has 0 atom stereocenters. The second-order valence-corrected chi connectivity index (χ2v) is 5.81. The molecular formula is C18H15N3O2. The molecule has 0 spiro atoms. The molecule has 2 aromatic rings. The second-order valence-electron chi connectivity index (χ2n) is 5.81. The largest absolute Gasteiger partial charge is 0.438 e. The highest BCUT2D eigenvalue weighted by molar-refractivity contribution is 5.89. The smallest absolute Gasteiger partial charge is 0.412 e. The predicted molar refractivity (Wildman–Crippen MR) is 86.5 cm³/mol. The Morgan fingerprint density at radius 1 is 1.39 bits per heavy atom. The third-order valence-corrected chi connectivity index (χ3v) is 3.89. The van der Waals surface area contributed by atoms with E-state index >= 15 is 0 Å². The van der Waals surface area contributed by atoms with Crippen molar-refractivity contribution in [2.75, 3.05) is 5.32 Å². The Bertz CT molecular complexity index is 879. The van der Waals surface area contributed by atoms with Crippen LogP contribution >= 0.6 is 0 Å². The van der Waals surface area contributed by atoms with Gasteiger partial charge in [-0.3, -0.25) is 5.32 Å². The van der Waals surface area contributed by atoms with Gasteiger partial charge in [0.05, 0.1) is 12.2 Å². The van der Waals surface area contributed by atoms with Gasteiger partial charge >= 0.3 is 6.09 Å². The molecule has 0 bridgehead atoms. The number of rotatable bonds is 2. The van der Waals surface area contributed by atoms with Crippen molar-refractivity contribution in [3.63, 3.8) is 0 Å². The van der Waals surface area contributed by atoms with E-state index in [0.29, 0.717) is 12.2 Å². The summed E-state index contributed by atoms with van der Waals surface area (Å²) in [7, 11) is 0. The maximum absolute atomic E-state index is 11.6. The fraction of sp³-hybridized carbons (Fsp3) is 0.222. The van der Waals surface area contributed by atoms with E-state index in [-0.39, 0.29) is 0 Å². The molecule has 0 radical (unpaired) electrons. The molecule has 5 nitrogen and oxygen atoms in total. The first-order chi connectivity index (χ1) is 11.0. The fourth-order valence-corrected chi connectivity index (χ4v) is 2.80. The summed E-state index contributed by atoms with van der Waals surface area (Å²) < 4.78 is 7.08. The van der Waals surface area contributed by atoms with Gasteiger partial charge in [0.1, 0.15) is 17.4 Å². The van der Waals surface area contributed by atoms with Crippen LogP contribution < -0.4 is 5.32 Å². The maximum atomic E-state index is 11.6. The lowest BCUT2D eigenvalue weighted by Gasteiger charge is -2.32. The number of nitrogens with one attached hydrogen (secondary N) is 1. The summed E-state index contributed by atoms with van der Waals surface area (Å²) in [5.41, 5.74) is 3.05. The van der Waals surface area contributed by atoms with E-state index in [2.05, 4.69) is 17.3 Å². The Hall–Kier alpha value is -3.18. The molecule has 114 valence electrons. The summed E-state index contributed by atoms with van der Waals surface area (Å²) in [6, 6.07) is 9.70. The molecule has 2 heterocycles. The normalized spacial score (nSPS) is 14.9. The summed E-state index contributed by atoms with van der Waals surface area (Å²) in [6.07, 6.45) is 6.67. The molecule has 5 heteroatoms. The number of cyclic esters (lactones) is 1. The van der Waals surface area contributed by atoms with Crippen LogP contribution in [0.2, 0.25) is 0 Å². The lowest BCUT2D eigenvalue weighted by atomic mass is 9.91. The van der Waals surface area contributed by atoms with E-state index < -0.39 is 11.7 Å². The van der Waals surface area contributed by atoms with Gasteiger partial charge in [0.15, 0.2) is 0 Å². The number of carbonyl (C=O) groups is 1. The van der Waals surface area contributed by atoms with Gasteiger partial charge < -0.3 is 9.30 Å². The van der Waals surface area contributed by atoms with Crippen LogP contribution in [0.5, 0.6) is 0 Å². The van der Waals surface area contributed by atoms with E-state index in [1.807, 2.05) is 38.1 Å². The van der Waals surface area contributed by atoms with Crippen LogP contribution in [0.15, 0.2) is 30.5 Å². The standard InChI is InChI=1S/C18H15N3O2/c1-4-8-21-9-7-13(16(21)11-19)12-5-6-15-14(10-12)18(2,3)23-17(22)20-15/h1,5-7,9-10H,8H2,2-3H3,(H,20,22). The average molecular weight is 305 g/mol. The summed E-state index contributed by atoms with van der Waals surface area (Å²) in [6.45, 7) is 4.02. The Morgan fingerprint density at radius 2 is 2.17 bits per heavy atom. The van der Waals surface area contributed by atoms with E-state index in [1.165, 1.54) is 0 Å². The minimum Gasteiger partial charge on any atom is -0.438 e. The van der Waals surface area contributed by atoms with Gasteiger partial charge in [-0.1, -0.05) is 12.0 Å². The molecule has 0 saturated heterocycles. The monoisotopic (exact) mass is 305 g/mol. The summed E-state index contributed by atoms with van der Waals surface area (Å²) in [4.78, 5) is 11.6. The maximum Gasteiger partial charge on any atom is 0.412 e. The van der Waals surface area contributed by atoms with Crippen molar-refractivity contribution < 1.29 is 9.53 Å². The topological polar surface area (TPSA) is 67.0 Å². The zero-order valence-corrected chi connectivity index (χ0v) is 12.9. The molecule has 3 rings (SSSR count). The lowest BCUT2D eigenvalue weighted by Crippen LogP contribution is -2.34. The zero-order valence-electron chi connectivity index (χ0n) is 12.9. The van der Waals surface area contributed by atoms with Gasteiger partial charge in [0.25, 0.3) is 0 Å². The Morgan fingerprint density at radius 3 is 2.87 bits per heavy atom. The molecule has 1 aliphatic rings. The van der Waals surface area contributed by atoms with Gasteiger partial charge in [0.2, 0.25) is 0 Å². The third kappa shape index (κ3) is 2.43. The second kappa shape index (κ2) is 5.23. The van der Waals surface area contributed by atoms with Crippen molar-refractivity contribution in [2.24, 2.45) is 0 Å². The Labute approximate surface area is 134 Å². The Kier molecular flexibility index (Phi) is 3.35. The highest BCUT2D eigenvalue weighted by Crippen LogP contribution is 2.38. The average Bonchev–Trinajstić information content (AvgIpc) is 2.89. The highest BCUT2D eigenvalue weighted by Gasteiger charge is 2.33. The minimum atomic E-state index is -0.734. The van der Waals surface area contributed by atoms with Crippen molar-refractivity contribution in [3.8, 4) is 29.5 Å². The molecule has 0 saturated carbocycles. The molecule has 1 N–H and O–H groups in total. The SMILES string of the molecule is C#CCn1ccc(-c2ccc3c(c2)C(C)(C)OC(=O)N3)c1C#N. The van der Waals surface area contributed by atoms with Crippen LogP contribution in [0.3, 0.4) is 0 Å².